The number of likely N-dealkylation sites (N-methyl/N-ethyl adjacent to an activating group) is 1. The topological polar surface area (TPSA) is 78.2 Å². The van der Waals surface area contributed by atoms with Gasteiger partial charge in [0.05, 0.1) is 11.9 Å². The van der Waals surface area contributed by atoms with Gasteiger partial charge in [-0.2, -0.15) is 5.10 Å². The van der Waals surface area contributed by atoms with Crippen molar-refractivity contribution in [1.82, 2.24) is 20.0 Å². The lowest BCUT2D eigenvalue weighted by atomic mass is 10.3. The van der Waals surface area contributed by atoms with Crippen molar-refractivity contribution < 1.29 is 4.79 Å². The standard InChI is InChI=1S/C11H19N5O/c1-15(6-7-16-4-2-3-5-16)11(17)10-9(12)8-13-14-10/h8H,2-7,12H2,1H3,(H,13,14). The summed E-state index contributed by atoms with van der Waals surface area (Å²) in [5.74, 6) is -0.0980. The van der Waals surface area contributed by atoms with Crippen LogP contribution in [0.4, 0.5) is 5.69 Å². The van der Waals surface area contributed by atoms with E-state index >= 15 is 0 Å². The Bertz CT molecular complexity index is 383. The molecule has 1 aromatic rings. The van der Waals surface area contributed by atoms with E-state index in [0.29, 0.717) is 11.4 Å². The summed E-state index contributed by atoms with van der Waals surface area (Å²) in [5.41, 5.74) is 6.43. The van der Waals surface area contributed by atoms with Crippen molar-refractivity contribution in [2.45, 2.75) is 12.8 Å². The normalized spacial score (nSPS) is 16.3. The number of nitrogens with two attached hydrogens (primary N) is 1. The molecular formula is C11H19N5O. The van der Waals surface area contributed by atoms with E-state index < -0.39 is 0 Å². The van der Waals surface area contributed by atoms with Gasteiger partial charge in [-0.15, -0.1) is 0 Å². The molecule has 0 radical (unpaired) electrons. The van der Waals surface area contributed by atoms with Crippen LogP contribution in [0.25, 0.3) is 0 Å². The van der Waals surface area contributed by atoms with Gasteiger partial charge in [0.25, 0.3) is 5.91 Å². The predicted molar refractivity (Wildman–Crippen MR) is 65.6 cm³/mol. The van der Waals surface area contributed by atoms with Gasteiger partial charge >= 0.3 is 0 Å². The van der Waals surface area contributed by atoms with E-state index in [0.717, 1.165) is 26.2 Å². The molecule has 1 aliphatic heterocycles. The molecule has 3 N–H and O–H groups in total. The van der Waals surface area contributed by atoms with Crippen molar-refractivity contribution in [3.63, 3.8) is 0 Å². The van der Waals surface area contributed by atoms with E-state index in [9.17, 15) is 4.79 Å². The molecule has 1 saturated heterocycles. The second-order valence-corrected chi connectivity index (χ2v) is 4.48. The van der Waals surface area contributed by atoms with Crippen LogP contribution in [0.5, 0.6) is 0 Å². The fourth-order valence-electron chi connectivity index (χ4n) is 2.06. The number of hydrogen-bond acceptors (Lipinski definition) is 4. The van der Waals surface area contributed by atoms with Crippen LogP contribution in [-0.2, 0) is 0 Å². The van der Waals surface area contributed by atoms with Crippen molar-refractivity contribution in [3.8, 4) is 0 Å². The van der Waals surface area contributed by atoms with Crippen LogP contribution in [0.2, 0.25) is 0 Å². The molecule has 17 heavy (non-hydrogen) atoms. The van der Waals surface area contributed by atoms with Gasteiger partial charge in [0.15, 0.2) is 0 Å². The number of aromatic amines is 1. The van der Waals surface area contributed by atoms with Gasteiger partial charge in [0.2, 0.25) is 0 Å². The minimum absolute atomic E-state index is 0.0980. The fraction of sp³-hybridized carbons (Fsp3) is 0.636. The molecule has 2 rings (SSSR count). The lowest BCUT2D eigenvalue weighted by molar-refractivity contribution is 0.0777. The first kappa shape index (κ1) is 11.9. The molecular weight excluding hydrogens is 218 g/mol. The third-order valence-corrected chi connectivity index (χ3v) is 3.18. The maximum Gasteiger partial charge on any atom is 0.273 e. The van der Waals surface area contributed by atoms with Crippen LogP contribution in [0.3, 0.4) is 0 Å². The number of nitrogens with zero attached hydrogens (tertiary/aromatic N) is 3. The third-order valence-electron chi connectivity index (χ3n) is 3.18. The Morgan fingerprint density at radius 3 is 2.88 bits per heavy atom. The second kappa shape index (κ2) is 5.18. The van der Waals surface area contributed by atoms with Gasteiger partial charge in [0, 0.05) is 20.1 Å². The quantitative estimate of drug-likeness (QED) is 0.782. The Labute approximate surface area is 101 Å². The summed E-state index contributed by atoms with van der Waals surface area (Å²) >= 11 is 0. The summed E-state index contributed by atoms with van der Waals surface area (Å²) in [6.45, 7) is 3.94. The summed E-state index contributed by atoms with van der Waals surface area (Å²) in [6, 6.07) is 0. The maximum atomic E-state index is 12.0. The van der Waals surface area contributed by atoms with Crippen molar-refractivity contribution in [1.29, 1.82) is 0 Å². The SMILES string of the molecule is CN(CCN1CCCC1)C(=O)c1[nH]ncc1N. The predicted octanol–water partition coefficient (Wildman–Crippen LogP) is 0.160. The number of anilines is 1. The Morgan fingerprint density at radius 1 is 1.59 bits per heavy atom. The molecule has 0 unspecified atom stereocenters. The summed E-state index contributed by atoms with van der Waals surface area (Å²) in [5, 5.41) is 6.39. The Hall–Kier alpha value is -1.56. The molecule has 1 aromatic heterocycles. The number of H-pyrrole nitrogens is 1. The summed E-state index contributed by atoms with van der Waals surface area (Å²) < 4.78 is 0. The molecule has 2 heterocycles. The first-order chi connectivity index (χ1) is 8.18. The van der Waals surface area contributed by atoms with Gasteiger partial charge in [-0.1, -0.05) is 0 Å². The molecule has 0 saturated carbocycles. The summed E-state index contributed by atoms with van der Waals surface area (Å²) in [4.78, 5) is 16.0. The third kappa shape index (κ3) is 2.76. The van der Waals surface area contributed by atoms with Crippen LogP contribution in [0.15, 0.2) is 6.20 Å². The number of nitrogen functional groups attached to an aromatic ring is 1. The zero-order chi connectivity index (χ0) is 12.3. The van der Waals surface area contributed by atoms with E-state index in [2.05, 4.69) is 15.1 Å². The fourth-order valence-corrected chi connectivity index (χ4v) is 2.06. The Morgan fingerprint density at radius 2 is 2.29 bits per heavy atom. The minimum atomic E-state index is -0.0980. The molecule has 94 valence electrons. The minimum Gasteiger partial charge on any atom is -0.396 e. The molecule has 6 nitrogen and oxygen atoms in total. The molecule has 0 spiro atoms. The zero-order valence-corrected chi connectivity index (χ0v) is 10.1. The average molecular weight is 237 g/mol. The lowest BCUT2D eigenvalue weighted by Gasteiger charge is -2.21. The highest BCUT2D eigenvalue weighted by Gasteiger charge is 2.18. The van der Waals surface area contributed by atoms with Crippen LogP contribution in [-0.4, -0.2) is 59.1 Å². The number of nitrogens with one attached hydrogen (secondary N) is 1. The highest BCUT2D eigenvalue weighted by molar-refractivity contribution is 5.96. The number of carbonyl (C=O) groups excluding carboxylic acids is 1. The first-order valence-electron chi connectivity index (χ1n) is 5.95. The molecule has 1 aliphatic rings. The molecule has 1 amide bonds. The number of hydrogen-bond donors (Lipinski definition) is 2. The lowest BCUT2D eigenvalue weighted by Crippen LogP contribution is -2.35. The van der Waals surface area contributed by atoms with Gasteiger partial charge in [-0.3, -0.25) is 9.89 Å². The molecule has 0 bridgehead atoms. The molecule has 0 aliphatic carbocycles. The van der Waals surface area contributed by atoms with Gasteiger partial charge < -0.3 is 15.5 Å². The van der Waals surface area contributed by atoms with Gasteiger partial charge in [-0.05, 0) is 25.9 Å². The Balaban J connectivity index is 1.85. The summed E-state index contributed by atoms with van der Waals surface area (Å²) in [6.07, 6.45) is 4.00. The van der Waals surface area contributed by atoms with Crippen molar-refractivity contribution >= 4 is 11.6 Å². The van der Waals surface area contributed by atoms with E-state index in [1.165, 1.54) is 19.0 Å². The molecule has 0 aromatic carbocycles. The van der Waals surface area contributed by atoms with Crippen molar-refractivity contribution in [3.05, 3.63) is 11.9 Å². The largest absolute Gasteiger partial charge is 0.396 e. The van der Waals surface area contributed by atoms with E-state index in [1.54, 1.807) is 11.9 Å². The molecule has 6 heteroatoms. The Kier molecular flexibility index (Phi) is 3.63. The summed E-state index contributed by atoms with van der Waals surface area (Å²) in [7, 11) is 1.79. The number of likely N-dealkylation sites (tertiary alicyclic amines) is 1. The number of aromatic nitrogens is 2. The molecule has 0 atom stereocenters. The van der Waals surface area contributed by atoms with E-state index in [1.807, 2.05) is 0 Å². The van der Waals surface area contributed by atoms with Gasteiger partial charge in [0.1, 0.15) is 5.69 Å². The van der Waals surface area contributed by atoms with Crippen LogP contribution in [0.1, 0.15) is 23.3 Å². The zero-order valence-electron chi connectivity index (χ0n) is 10.1. The van der Waals surface area contributed by atoms with Crippen LogP contribution in [0, 0.1) is 0 Å². The van der Waals surface area contributed by atoms with Crippen molar-refractivity contribution in [2.24, 2.45) is 0 Å². The maximum absolute atomic E-state index is 12.0. The number of amides is 1. The van der Waals surface area contributed by atoms with E-state index in [-0.39, 0.29) is 5.91 Å². The van der Waals surface area contributed by atoms with Crippen LogP contribution < -0.4 is 5.73 Å². The number of rotatable bonds is 4. The average Bonchev–Trinajstić information content (AvgIpc) is 2.95. The monoisotopic (exact) mass is 237 g/mol. The van der Waals surface area contributed by atoms with Crippen LogP contribution >= 0.6 is 0 Å². The second-order valence-electron chi connectivity index (χ2n) is 4.48. The highest BCUT2D eigenvalue weighted by Crippen LogP contribution is 2.10. The smallest absolute Gasteiger partial charge is 0.273 e. The van der Waals surface area contributed by atoms with Crippen molar-refractivity contribution in [2.75, 3.05) is 39.0 Å². The van der Waals surface area contributed by atoms with E-state index in [4.69, 9.17) is 5.73 Å². The van der Waals surface area contributed by atoms with Gasteiger partial charge in [-0.25, -0.2) is 0 Å². The first-order valence-corrected chi connectivity index (χ1v) is 5.95. The number of carbonyl (C=O) groups is 1. The highest BCUT2D eigenvalue weighted by atomic mass is 16.2. The molecule has 1 fully saturated rings.